The summed E-state index contributed by atoms with van der Waals surface area (Å²) in [5.41, 5.74) is 2.02. The lowest BCUT2D eigenvalue weighted by atomic mass is 10.2. The van der Waals surface area contributed by atoms with Crippen molar-refractivity contribution in [2.45, 2.75) is 32.2 Å². The Morgan fingerprint density at radius 2 is 2.09 bits per heavy atom. The van der Waals surface area contributed by atoms with Crippen LogP contribution in [0, 0.1) is 5.92 Å². The molecular formula is C23H23N7O3S. The summed E-state index contributed by atoms with van der Waals surface area (Å²) in [6.07, 6.45) is 6.41. The molecule has 1 saturated carbocycles. The van der Waals surface area contributed by atoms with Crippen molar-refractivity contribution in [2.24, 2.45) is 5.92 Å². The predicted octanol–water partition coefficient (Wildman–Crippen LogP) is 2.69. The molecule has 4 amide bonds. The first kappa shape index (κ1) is 20.8. The fourth-order valence-corrected chi connectivity index (χ4v) is 5.19. The van der Waals surface area contributed by atoms with Crippen molar-refractivity contribution in [3.05, 3.63) is 40.5 Å². The van der Waals surface area contributed by atoms with Gasteiger partial charge in [-0.2, -0.15) is 9.61 Å². The summed E-state index contributed by atoms with van der Waals surface area (Å²) in [4.78, 5) is 44.7. The maximum Gasteiger partial charge on any atom is 0.326 e. The smallest absolute Gasteiger partial charge is 0.326 e. The highest BCUT2D eigenvalue weighted by Crippen LogP contribution is 2.33. The third-order valence-electron chi connectivity index (χ3n) is 6.23. The number of aromatic nitrogens is 3. The molecule has 3 aromatic rings. The number of rotatable bonds is 5. The van der Waals surface area contributed by atoms with Gasteiger partial charge < -0.3 is 15.5 Å². The highest BCUT2D eigenvalue weighted by atomic mass is 32.1. The van der Waals surface area contributed by atoms with E-state index in [4.69, 9.17) is 4.98 Å². The summed E-state index contributed by atoms with van der Waals surface area (Å²) in [7, 11) is 0. The van der Waals surface area contributed by atoms with E-state index in [9.17, 15) is 14.4 Å². The van der Waals surface area contributed by atoms with E-state index in [-0.39, 0.29) is 11.6 Å². The molecule has 0 spiro atoms. The molecule has 34 heavy (non-hydrogen) atoms. The molecule has 3 N–H and O–H groups in total. The maximum atomic E-state index is 12.9. The molecule has 5 heterocycles. The van der Waals surface area contributed by atoms with Gasteiger partial charge in [-0.25, -0.2) is 9.78 Å². The number of carbonyl (C=O) groups excluding carboxylic acids is 3. The number of imide groups is 1. The van der Waals surface area contributed by atoms with E-state index in [0.29, 0.717) is 28.0 Å². The van der Waals surface area contributed by atoms with Crippen molar-refractivity contribution in [1.29, 1.82) is 0 Å². The van der Waals surface area contributed by atoms with Gasteiger partial charge in [0.25, 0.3) is 11.8 Å². The summed E-state index contributed by atoms with van der Waals surface area (Å²) in [5, 5.41) is 12.6. The lowest BCUT2D eigenvalue weighted by Gasteiger charge is -2.14. The molecule has 0 bridgehead atoms. The third-order valence-corrected chi connectivity index (χ3v) is 7.32. The topological polar surface area (TPSA) is 121 Å². The number of nitrogens with one attached hydrogen (secondary N) is 3. The number of hydrogen-bond donors (Lipinski definition) is 3. The minimum absolute atomic E-state index is 0.0655. The van der Waals surface area contributed by atoms with E-state index in [1.807, 2.05) is 23.1 Å². The van der Waals surface area contributed by atoms with Crippen LogP contribution in [-0.2, 0) is 4.79 Å². The minimum Gasteiger partial charge on any atom is -0.367 e. The van der Waals surface area contributed by atoms with Gasteiger partial charge in [-0.3, -0.25) is 14.9 Å². The second-order valence-corrected chi connectivity index (χ2v) is 10.1. The second kappa shape index (κ2) is 7.94. The van der Waals surface area contributed by atoms with Crippen LogP contribution in [0.15, 0.2) is 30.1 Å². The normalized spacial score (nSPS) is 21.4. The van der Waals surface area contributed by atoms with E-state index in [0.717, 1.165) is 48.7 Å². The highest BCUT2D eigenvalue weighted by Gasteiger charge is 2.27. The zero-order chi connectivity index (χ0) is 23.4. The summed E-state index contributed by atoms with van der Waals surface area (Å²) in [5.74, 6) is 0.900. The van der Waals surface area contributed by atoms with Crippen LogP contribution in [0.1, 0.15) is 41.4 Å². The van der Waals surface area contributed by atoms with E-state index in [2.05, 4.69) is 28.0 Å². The van der Waals surface area contributed by atoms with Crippen LogP contribution in [0.4, 0.5) is 10.6 Å². The zero-order valence-corrected chi connectivity index (χ0v) is 19.3. The largest absolute Gasteiger partial charge is 0.367 e. The Balaban J connectivity index is 1.38. The molecule has 174 valence electrons. The molecule has 3 aliphatic rings. The van der Waals surface area contributed by atoms with Crippen molar-refractivity contribution in [3.8, 4) is 10.6 Å². The Hall–Kier alpha value is -3.73. The summed E-state index contributed by atoms with van der Waals surface area (Å²) < 4.78 is 1.70. The van der Waals surface area contributed by atoms with E-state index in [1.165, 1.54) is 11.3 Å². The number of nitrogens with zero attached hydrogens (tertiary/aromatic N) is 4. The van der Waals surface area contributed by atoms with Crippen LogP contribution in [0.2, 0.25) is 0 Å². The highest BCUT2D eigenvalue weighted by molar-refractivity contribution is 7.17. The van der Waals surface area contributed by atoms with Crippen molar-refractivity contribution in [3.63, 3.8) is 0 Å². The fraction of sp³-hybridized carbons (Fsp3) is 0.348. The standard InChI is InChI=1S/C23H23N7O3S/c1-12-6-7-29(11-12)22(32)18-5-4-17(34-18)15-9-19(25-14-2-3-14)30-20(26-15)13(10-24-30)8-16-21(31)28-23(33)27-16/h4-5,8-10,12,14,25H,2-3,6-7,11H2,1H3,(H2,27,28,31,33)/b16-8-. The van der Waals surface area contributed by atoms with E-state index < -0.39 is 11.9 Å². The van der Waals surface area contributed by atoms with Crippen LogP contribution in [-0.4, -0.2) is 56.5 Å². The Morgan fingerprint density at radius 1 is 1.24 bits per heavy atom. The van der Waals surface area contributed by atoms with E-state index in [1.54, 1.807) is 16.8 Å². The van der Waals surface area contributed by atoms with Gasteiger partial charge in [0.2, 0.25) is 0 Å². The van der Waals surface area contributed by atoms with Gasteiger partial charge in [-0.1, -0.05) is 6.92 Å². The number of thiophene rings is 1. The van der Waals surface area contributed by atoms with Gasteiger partial charge in [-0.15, -0.1) is 11.3 Å². The molecule has 10 nitrogen and oxygen atoms in total. The first-order valence-corrected chi connectivity index (χ1v) is 12.1. The van der Waals surface area contributed by atoms with Crippen molar-refractivity contribution >= 4 is 46.7 Å². The number of hydrogen-bond acceptors (Lipinski definition) is 7. The Bertz CT molecular complexity index is 1370. The minimum atomic E-state index is -0.555. The molecule has 11 heteroatoms. The van der Waals surface area contributed by atoms with Crippen LogP contribution in [0.5, 0.6) is 0 Å². The molecule has 2 aliphatic heterocycles. The maximum absolute atomic E-state index is 12.9. The zero-order valence-electron chi connectivity index (χ0n) is 18.5. The Kier molecular flexibility index (Phi) is 4.87. The monoisotopic (exact) mass is 477 g/mol. The van der Waals surface area contributed by atoms with Crippen molar-refractivity contribution in [2.75, 3.05) is 18.4 Å². The molecule has 6 rings (SSSR count). The third kappa shape index (κ3) is 3.81. The molecule has 1 atom stereocenters. The second-order valence-electron chi connectivity index (χ2n) is 9.06. The molecule has 3 fully saturated rings. The summed E-state index contributed by atoms with van der Waals surface area (Å²) in [6, 6.07) is 5.57. The van der Waals surface area contributed by atoms with Gasteiger partial charge in [0.1, 0.15) is 11.5 Å². The molecular weight excluding hydrogens is 454 g/mol. The van der Waals surface area contributed by atoms with Gasteiger partial charge in [0, 0.05) is 30.8 Å². The quantitative estimate of drug-likeness (QED) is 0.384. The first-order chi connectivity index (χ1) is 16.4. The predicted molar refractivity (Wildman–Crippen MR) is 127 cm³/mol. The summed E-state index contributed by atoms with van der Waals surface area (Å²) >= 11 is 1.43. The SMILES string of the molecule is CC1CCN(C(=O)c2ccc(-c3cc(NC4CC4)n4ncc(/C=C5\NC(=O)NC5=O)c4n3)s2)C1. The van der Waals surface area contributed by atoms with Gasteiger partial charge in [0.05, 0.1) is 21.6 Å². The van der Waals surface area contributed by atoms with Gasteiger partial charge in [0.15, 0.2) is 5.65 Å². The molecule has 0 aromatic carbocycles. The number of carbonyl (C=O) groups is 3. The van der Waals surface area contributed by atoms with Crippen LogP contribution in [0.25, 0.3) is 22.3 Å². The number of likely N-dealkylation sites (tertiary alicyclic amines) is 1. The number of fused-ring (bicyclic) bond motifs is 1. The van der Waals surface area contributed by atoms with E-state index >= 15 is 0 Å². The lowest BCUT2D eigenvalue weighted by molar-refractivity contribution is -0.115. The Morgan fingerprint density at radius 3 is 2.79 bits per heavy atom. The first-order valence-electron chi connectivity index (χ1n) is 11.3. The molecule has 1 unspecified atom stereocenters. The average molecular weight is 478 g/mol. The van der Waals surface area contributed by atoms with Crippen LogP contribution < -0.4 is 16.0 Å². The van der Waals surface area contributed by atoms with Crippen LogP contribution in [0.3, 0.4) is 0 Å². The summed E-state index contributed by atoms with van der Waals surface area (Å²) in [6.45, 7) is 3.76. The van der Waals surface area contributed by atoms with Gasteiger partial charge in [-0.05, 0) is 43.4 Å². The van der Waals surface area contributed by atoms with Gasteiger partial charge >= 0.3 is 6.03 Å². The molecule has 2 saturated heterocycles. The number of anilines is 1. The number of urea groups is 1. The number of amides is 4. The Labute approximate surface area is 199 Å². The fourth-order valence-electron chi connectivity index (χ4n) is 4.25. The van der Waals surface area contributed by atoms with Crippen molar-refractivity contribution < 1.29 is 14.4 Å². The molecule has 1 aliphatic carbocycles. The molecule has 0 radical (unpaired) electrons. The molecule has 3 aromatic heterocycles. The lowest BCUT2D eigenvalue weighted by Crippen LogP contribution is -2.27. The average Bonchev–Trinajstić information content (AvgIpc) is 3.18. The van der Waals surface area contributed by atoms with Crippen molar-refractivity contribution in [1.82, 2.24) is 30.1 Å². The van der Waals surface area contributed by atoms with Crippen LogP contribution >= 0.6 is 11.3 Å².